The molecule has 112 valence electrons. The number of aromatic nitrogens is 1. The zero-order valence-electron chi connectivity index (χ0n) is 10.9. The second-order valence-corrected chi connectivity index (χ2v) is 4.76. The number of ether oxygens (including phenoxy) is 1. The van der Waals surface area contributed by atoms with Crippen LogP contribution in [0.25, 0.3) is 0 Å². The highest BCUT2D eigenvalue weighted by Gasteiger charge is 2.35. The number of hydrogen-bond acceptors (Lipinski definition) is 4. The van der Waals surface area contributed by atoms with Crippen LogP contribution in [-0.4, -0.2) is 41.5 Å². The van der Waals surface area contributed by atoms with E-state index >= 15 is 0 Å². The Balaban J connectivity index is 1.80. The number of piperidine rings is 1. The minimum Gasteiger partial charge on any atom is -0.361 e. The van der Waals surface area contributed by atoms with E-state index in [1.54, 1.807) is 13.0 Å². The highest BCUT2D eigenvalue weighted by molar-refractivity contribution is 5.78. The summed E-state index contributed by atoms with van der Waals surface area (Å²) in [4.78, 5) is 13.5. The summed E-state index contributed by atoms with van der Waals surface area (Å²) in [5, 5.41) is 3.68. The van der Waals surface area contributed by atoms with Crippen LogP contribution in [0.1, 0.15) is 24.3 Å². The van der Waals surface area contributed by atoms with Gasteiger partial charge in [-0.05, 0) is 19.8 Å². The quantitative estimate of drug-likeness (QED) is 0.855. The number of likely N-dealkylation sites (tertiary alicyclic amines) is 1. The van der Waals surface area contributed by atoms with Crippen molar-refractivity contribution in [3.63, 3.8) is 0 Å². The van der Waals surface area contributed by atoms with Gasteiger partial charge in [0, 0.05) is 19.2 Å². The van der Waals surface area contributed by atoms with Gasteiger partial charge >= 0.3 is 6.36 Å². The third-order valence-corrected chi connectivity index (χ3v) is 3.10. The van der Waals surface area contributed by atoms with Crippen LogP contribution in [0, 0.1) is 6.92 Å². The highest BCUT2D eigenvalue weighted by Crippen LogP contribution is 2.24. The van der Waals surface area contributed by atoms with Gasteiger partial charge in [0.2, 0.25) is 5.91 Å². The molecule has 0 radical (unpaired) electrons. The van der Waals surface area contributed by atoms with E-state index in [0.29, 0.717) is 11.5 Å². The lowest BCUT2D eigenvalue weighted by Gasteiger charge is -2.32. The molecule has 8 heteroatoms. The fraction of sp³-hybridized carbons (Fsp3) is 0.667. The van der Waals surface area contributed by atoms with Gasteiger partial charge in [0.15, 0.2) is 0 Å². The first kappa shape index (κ1) is 14.8. The summed E-state index contributed by atoms with van der Waals surface area (Å²) in [5.41, 5.74) is 0.685. The third kappa shape index (κ3) is 4.22. The van der Waals surface area contributed by atoms with Crippen molar-refractivity contribution >= 4 is 5.91 Å². The van der Waals surface area contributed by atoms with E-state index in [1.165, 1.54) is 4.90 Å². The first-order valence-corrected chi connectivity index (χ1v) is 6.28. The molecule has 1 aromatic rings. The average Bonchev–Trinajstić information content (AvgIpc) is 2.73. The molecule has 0 spiro atoms. The largest absolute Gasteiger partial charge is 0.522 e. The van der Waals surface area contributed by atoms with Crippen LogP contribution in [0.5, 0.6) is 0 Å². The molecule has 1 aliphatic rings. The Morgan fingerprint density at radius 3 is 2.65 bits per heavy atom. The predicted molar refractivity (Wildman–Crippen MR) is 61.7 cm³/mol. The van der Waals surface area contributed by atoms with Crippen LogP contribution >= 0.6 is 0 Å². The van der Waals surface area contributed by atoms with Gasteiger partial charge in [-0.2, -0.15) is 0 Å². The lowest BCUT2D eigenvalue weighted by Crippen LogP contribution is -2.42. The molecule has 2 rings (SSSR count). The molecule has 0 atom stereocenters. The van der Waals surface area contributed by atoms with Crippen molar-refractivity contribution in [1.82, 2.24) is 10.1 Å². The molecule has 1 aliphatic heterocycles. The molecule has 1 aromatic heterocycles. The Morgan fingerprint density at radius 1 is 1.50 bits per heavy atom. The minimum atomic E-state index is -4.62. The summed E-state index contributed by atoms with van der Waals surface area (Å²) in [6.07, 6.45) is -5.05. The van der Waals surface area contributed by atoms with Crippen molar-refractivity contribution in [1.29, 1.82) is 0 Å². The fourth-order valence-electron chi connectivity index (χ4n) is 2.17. The summed E-state index contributed by atoms with van der Waals surface area (Å²) in [5.74, 6) is 0.285. The van der Waals surface area contributed by atoms with Gasteiger partial charge < -0.3 is 9.42 Å². The van der Waals surface area contributed by atoms with Gasteiger partial charge in [-0.3, -0.25) is 9.53 Å². The zero-order valence-corrected chi connectivity index (χ0v) is 10.9. The molecule has 0 unspecified atom stereocenters. The predicted octanol–water partition coefficient (Wildman–Crippen LogP) is 2.05. The number of carbonyl (C=O) groups is 1. The van der Waals surface area contributed by atoms with Gasteiger partial charge in [0.1, 0.15) is 5.76 Å². The first-order chi connectivity index (χ1) is 9.33. The number of nitrogens with zero attached hydrogens (tertiary/aromatic N) is 2. The summed E-state index contributed by atoms with van der Waals surface area (Å²) in [6, 6.07) is 1.66. The van der Waals surface area contributed by atoms with E-state index in [2.05, 4.69) is 9.89 Å². The topological polar surface area (TPSA) is 55.6 Å². The molecule has 1 saturated heterocycles. The van der Waals surface area contributed by atoms with Gasteiger partial charge in [0.25, 0.3) is 0 Å². The maximum atomic E-state index is 12.1. The van der Waals surface area contributed by atoms with E-state index in [9.17, 15) is 18.0 Å². The van der Waals surface area contributed by atoms with Crippen molar-refractivity contribution in [3.05, 3.63) is 17.5 Å². The Bertz CT molecular complexity index is 465. The van der Waals surface area contributed by atoms with Crippen LogP contribution in [-0.2, 0) is 16.0 Å². The van der Waals surface area contributed by atoms with E-state index < -0.39 is 12.5 Å². The number of alkyl halides is 3. The number of carbonyl (C=O) groups excluding carboxylic acids is 1. The Morgan fingerprint density at radius 2 is 2.15 bits per heavy atom. The number of rotatable bonds is 3. The van der Waals surface area contributed by atoms with Crippen molar-refractivity contribution in [3.8, 4) is 0 Å². The molecule has 0 bridgehead atoms. The molecule has 5 nitrogen and oxygen atoms in total. The molecular formula is C12H15F3N2O3. The highest BCUT2D eigenvalue weighted by atomic mass is 19.4. The lowest BCUT2D eigenvalue weighted by molar-refractivity contribution is -0.345. The van der Waals surface area contributed by atoms with Gasteiger partial charge in [-0.25, -0.2) is 0 Å². The van der Waals surface area contributed by atoms with E-state index in [0.717, 1.165) is 0 Å². The zero-order chi connectivity index (χ0) is 14.8. The molecule has 1 amide bonds. The van der Waals surface area contributed by atoms with Crippen molar-refractivity contribution < 1.29 is 27.2 Å². The Kier molecular flexibility index (Phi) is 4.32. The van der Waals surface area contributed by atoms with E-state index in [4.69, 9.17) is 4.52 Å². The standard InChI is InChI=1S/C12H15F3N2O3/c1-8-6-10(20-16-8)7-11(18)17-4-2-9(3-5-17)19-12(13,14)15/h6,9H,2-5,7H2,1H3. The van der Waals surface area contributed by atoms with Crippen molar-refractivity contribution in [2.75, 3.05) is 13.1 Å². The minimum absolute atomic E-state index is 0.0750. The summed E-state index contributed by atoms with van der Waals surface area (Å²) < 4.78 is 45.1. The number of hydrogen-bond donors (Lipinski definition) is 0. The maximum Gasteiger partial charge on any atom is 0.522 e. The van der Waals surface area contributed by atoms with Gasteiger partial charge in [-0.1, -0.05) is 5.16 Å². The van der Waals surface area contributed by atoms with Crippen LogP contribution in [0.2, 0.25) is 0 Å². The third-order valence-electron chi connectivity index (χ3n) is 3.10. The van der Waals surface area contributed by atoms with Crippen LogP contribution in [0.3, 0.4) is 0 Å². The first-order valence-electron chi connectivity index (χ1n) is 6.28. The van der Waals surface area contributed by atoms with Crippen molar-refractivity contribution in [2.24, 2.45) is 0 Å². The molecule has 0 aromatic carbocycles. The molecule has 0 aliphatic carbocycles. The van der Waals surface area contributed by atoms with Crippen LogP contribution in [0.4, 0.5) is 13.2 Å². The normalized spacial score (nSPS) is 17.5. The molecule has 2 heterocycles. The second kappa shape index (κ2) is 5.82. The lowest BCUT2D eigenvalue weighted by atomic mass is 10.1. The summed E-state index contributed by atoms with van der Waals surface area (Å²) in [6.45, 7) is 2.26. The molecule has 20 heavy (non-hydrogen) atoms. The Labute approximate surface area is 113 Å². The monoisotopic (exact) mass is 292 g/mol. The Hall–Kier alpha value is -1.57. The van der Waals surface area contributed by atoms with Crippen LogP contribution in [0.15, 0.2) is 10.6 Å². The summed E-state index contributed by atoms with van der Waals surface area (Å²) >= 11 is 0. The molecule has 0 saturated carbocycles. The maximum absolute atomic E-state index is 12.1. The number of halogens is 3. The summed E-state index contributed by atoms with van der Waals surface area (Å²) in [7, 11) is 0. The second-order valence-electron chi connectivity index (χ2n) is 4.76. The average molecular weight is 292 g/mol. The molecule has 0 N–H and O–H groups in total. The van der Waals surface area contributed by atoms with E-state index in [-0.39, 0.29) is 38.3 Å². The van der Waals surface area contributed by atoms with Gasteiger partial charge in [-0.15, -0.1) is 13.2 Å². The SMILES string of the molecule is Cc1cc(CC(=O)N2CCC(OC(F)(F)F)CC2)on1. The number of amides is 1. The van der Waals surface area contributed by atoms with Crippen LogP contribution < -0.4 is 0 Å². The number of aryl methyl sites for hydroxylation is 1. The molecular weight excluding hydrogens is 277 g/mol. The molecule has 1 fully saturated rings. The smallest absolute Gasteiger partial charge is 0.361 e. The van der Waals surface area contributed by atoms with Gasteiger partial charge in [0.05, 0.1) is 18.2 Å². The van der Waals surface area contributed by atoms with E-state index in [1.807, 2.05) is 0 Å². The van der Waals surface area contributed by atoms with Crippen molar-refractivity contribution in [2.45, 2.75) is 38.7 Å². The fourth-order valence-corrected chi connectivity index (χ4v) is 2.17.